The fraction of sp³-hybridized carbons (Fsp3) is 0.0820. The standard InChI is InChI=1S/C61H46N6OSi/c1-39-19-15-31-51-56(39)62-59-65(48-29-12-13-30-49(48)66(51)59)42-35-36-50-53(38-42)67-52-32-16-20-40(2)57(52)63-60(67)64(50)41-21-17-26-45(37-41)69(43-22-7-5-8-23-43,44-24-9-6-10-25-44)55-34-18-28-47-58(55)68-54-33-14-11-27-46(54)61(47,3)4/h5-38H,1-4H3/i1D3,2D3,3D3,4D3. The SMILES string of the molecule is [2H]C([2H])([2H])c1cccc2c1nc1n(-c3ccc4c(c3)n3c5cccc(C([2H])([2H])[2H])c5nc3n4-c3cccc([Si](c4ccccc4)(c4ccccc4)c4cccc5c4Oc4ccccc4C5(C([2H])([2H])[2H])C([2H])([2H])[2H])c3)c3ccccc3n21. The van der Waals surface area contributed by atoms with Gasteiger partial charge in [-0.1, -0.05) is 159 Å². The highest BCUT2D eigenvalue weighted by Crippen LogP contribution is 2.47. The van der Waals surface area contributed by atoms with Crippen LogP contribution in [0.5, 0.6) is 11.5 Å². The van der Waals surface area contributed by atoms with E-state index in [1.165, 1.54) is 6.07 Å². The van der Waals surface area contributed by atoms with E-state index in [2.05, 4.69) is 36.4 Å². The maximum atomic E-state index is 9.18. The minimum atomic E-state index is -3.81. The van der Waals surface area contributed by atoms with Crippen molar-refractivity contribution in [3.8, 4) is 22.9 Å². The topological polar surface area (TPSA) is 53.7 Å². The van der Waals surface area contributed by atoms with Crippen LogP contribution < -0.4 is 25.5 Å². The molecule has 0 fully saturated rings. The zero-order valence-electron chi connectivity index (χ0n) is 48.7. The molecule has 4 aromatic heterocycles. The van der Waals surface area contributed by atoms with Crippen LogP contribution in [0.3, 0.4) is 0 Å². The van der Waals surface area contributed by atoms with E-state index >= 15 is 0 Å². The molecule has 0 bridgehead atoms. The summed E-state index contributed by atoms with van der Waals surface area (Å²) in [6.45, 7) is -11.1. The van der Waals surface area contributed by atoms with Gasteiger partial charge in [-0.15, -0.1) is 0 Å². The van der Waals surface area contributed by atoms with E-state index in [-0.39, 0.29) is 33.8 Å². The molecule has 69 heavy (non-hydrogen) atoms. The Hall–Kier alpha value is -8.46. The first kappa shape index (κ1) is 29.3. The fourth-order valence-corrected chi connectivity index (χ4v) is 16.0. The van der Waals surface area contributed by atoms with E-state index in [1.807, 2.05) is 127 Å². The molecular formula is C61H46N6OSi. The van der Waals surface area contributed by atoms with Crippen LogP contribution in [0, 0.1) is 13.7 Å². The molecule has 14 rings (SSSR count). The summed E-state index contributed by atoms with van der Waals surface area (Å²) in [7, 11) is -3.81. The number of hydrogen-bond acceptors (Lipinski definition) is 3. The molecule has 0 saturated heterocycles. The Balaban J connectivity index is 1.07. The lowest BCUT2D eigenvalue weighted by Crippen LogP contribution is -2.75. The summed E-state index contributed by atoms with van der Waals surface area (Å²) in [6.07, 6.45) is 0. The summed E-state index contributed by atoms with van der Waals surface area (Å²) in [5, 5.41) is 3.27. The summed E-state index contributed by atoms with van der Waals surface area (Å²) in [4.78, 5) is 10.3. The smallest absolute Gasteiger partial charge is 0.220 e. The van der Waals surface area contributed by atoms with E-state index in [9.17, 15) is 8.22 Å². The zero-order chi connectivity index (χ0) is 56.2. The van der Waals surface area contributed by atoms with Crippen LogP contribution in [0.15, 0.2) is 206 Å². The zero-order valence-corrected chi connectivity index (χ0v) is 37.7. The van der Waals surface area contributed by atoms with Gasteiger partial charge in [0.1, 0.15) is 11.5 Å². The molecule has 0 N–H and O–H groups in total. The van der Waals surface area contributed by atoms with E-state index in [0.717, 1.165) is 26.6 Å². The molecular weight excluding hydrogens is 861 g/mol. The van der Waals surface area contributed by atoms with Crippen LogP contribution >= 0.6 is 0 Å². The normalized spacial score (nSPS) is 16.8. The Kier molecular flexibility index (Phi) is 6.17. The van der Waals surface area contributed by atoms with Crippen LogP contribution in [0.2, 0.25) is 0 Å². The number of rotatable bonds is 6. The Morgan fingerprint density at radius 2 is 0.986 bits per heavy atom. The van der Waals surface area contributed by atoms with E-state index in [0.29, 0.717) is 61.2 Å². The van der Waals surface area contributed by atoms with Crippen molar-refractivity contribution in [1.82, 2.24) is 27.9 Å². The van der Waals surface area contributed by atoms with Gasteiger partial charge in [0.15, 0.2) is 8.07 Å². The second kappa shape index (κ2) is 14.5. The molecule has 0 aliphatic carbocycles. The van der Waals surface area contributed by atoms with E-state index in [1.54, 1.807) is 54.6 Å². The van der Waals surface area contributed by atoms with Crippen LogP contribution in [0.25, 0.3) is 67.1 Å². The molecule has 0 amide bonds. The first-order valence-electron chi connectivity index (χ1n) is 28.8. The molecule has 13 aromatic rings. The number of benzene rings is 9. The van der Waals surface area contributed by atoms with Crippen molar-refractivity contribution in [3.63, 3.8) is 0 Å². The first-order valence-corrected chi connectivity index (χ1v) is 24.8. The summed E-state index contributed by atoms with van der Waals surface area (Å²) >= 11 is 0. The molecule has 5 heterocycles. The van der Waals surface area contributed by atoms with E-state index in [4.69, 9.17) is 22.9 Å². The van der Waals surface area contributed by atoms with Gasteiger partial charge in [0.05, 0.1) is 49.8 Å². The maximum Gasteiger partial charge on any atom is 0.220 e. The number of nitrogens with zero attached hydrogens (tertiary/aromatic N) is 6. The highest BCUT2D eigenvalue weighted by Gasteiger charge is 2.47. The van der Waals surface area contributed by atoms with Gasteiger partial charge in [-0.05, 0) is 106 Å². The second-order valence-corrected chi connectivity index (χ2v) is 21.5. The van der Waals surface area contributed by atoms with Crippen molar-refractivity contribution in [3.05, 3.63) is 229 Å². The summed E-state index contributed by atoms with van der Waals surface area (Å²) in [6, 6.07) is 64.0. The predicted octanol–water partition coefficient (Wildman–Crippen LogP) is 11.6. The predicted molar refractivity (Wildman–Crippen MR) is 284 cm³/mol. The highest BCUT2D eigenvalue weighted by atomic mass is 28.3. The monoisotopic (exact) mass is 918 g/mol. The molecule has 1 aliphatic rings. The van der Waals surface area contributed by atoms with Gasteiger partial charge in [-0.2, -0.15) is 0 Å². The number of ether oxygens (including phenoxy) is 1. The molecule has 330 valence electrons. The average Bonchev–Trinajstić information content (AvgIpc) is 4.38. The number of aromatic nitrogens is 6. The summed E-state index contributed by atoms with van der Waals surface area (Å²) < 4.78 is 121. The Labute approximate surface area is 416 Å². The summed E-state index contributed by atoms with van der Waals surface area (Å²) in [5.74, 6) is 1.23. The Morgan fingerprint density at radius 3 is 1.67 bits per heavy atom. The fourth-order valence-electron chi connectivity index (χ4n) is 11.1. The lowest BCUT2D eigenvalue weighted by atomic mass is 9.76. The Morgan fingerprint density at radius 1 is 0.449 bits per heavy atom. The average molecular weight is 919 g/mol. The lowest BCUT2D eigenvalue weighted by Gasteiger charge is -2.40. The third kappa shape index (κ3) is 5.43. The number of para-hydroxylation sites is 6. The molecule has 8 heteroatoms. The van der Waals surface area contributed by atoms with Crippen molar-refractivity contribution in [2.24, 2.45) is 0 Å². The molecule has 7 nitrogen and oxygen atoms in total. The first-order chi connectivity index (χ1) is 38.7. The molecule has 0 atom stereocenters. The number of imidazole rings is 4. The van der Waals surface area contributed by atoms with Gasteiger partial charge in [-0.25, -0.2) is 9.97 Å². The molecule has 0 saturated carbocycles. The van der Waals surface area contributed by atoms with E-state index < -0.39 is 40.9 Å². The second-order valence-electron chi connectivity index (χ2n) is 17.7. The summed E-state index contributed by atoms with van der Waals surface area (Å²) in [5.41, 5.74) is 4.09. The van der Waals surface area contributed by atoms with Crippen LogP contribution in [-0.2, 0) is 5.41 Å². The number of aryl methyl sites for hydroxylation is 2. The van der Waals surface area contributed by atoms with Crippen LogP contribution in [0.4, 0.5) is 0 Å². The third-order valence-corrected chi connectivity index (χ3v) is 18.9. The van der Waals surface area contributed by atoms with Gasteiger partial charge in [-0.3, -0.25) is 17.9 Å². The highest BCUT2D eigenvalue weighted by molar-refractivity contribution is 7.20. The van der Waals surface area contributed by atoms with Gasteiger partial charge in [0.25, 0.3) is 0 Å². The lowest BCUT2D eigenvalue weighted by molar-refractivity contribution is 0.421. The van der Waals surface area contributed by atoms with Gasteiger partial charge in [0.2, 0.25) is 11.6 Å². The molecule has 0 unspecified atom stereocenters. The largest absolute Gasteiger partial charge is 0.457 e. The van der Waals surface area contributed by atoms with Crippen LogP contribution in [-0.4, -0.2) is 36.0 Å². The maximum absolute atomic E-state index is 9.18. The number of fused-ring (bicyclic) bond motifs is 12. The van der Waals surface area contributed by atoms with Gasteiger partial charge >= 0.3 is 0 Å². The molecule has 9 aromatic carbocycles. The molecule has 0 spiro atoms. The minimum absolute atomic E-state index is 0.0376. The third-order valence-electron chi connectivity index (χ3n) is 14.1. The quantitative estimate of drug-likeness (QED) is 0.123. The van der Waals surface area contributed by atoms with Crippen molar-refractivity contribution in [2.45, 2.75) is 32.8 Å². The van der Waals surface area contributed by atoms with Crippen molar-refractivity contribution >= 4 is 84.5 Å². The molecule has 0 radical (unpaired) electrons. The Bertz CT molecular complexity index is 4650. The number of hydrogen-bond donors (Lipinski definition) is 0. The van der Waals surface area contributed by atoms with Crippen molar-refractivity contribution in [2.75, 3.05) is 0 Å². The van der Waals surface area contributed by atoms with Gasteiger partial charge in [0, 0.05) is 38.7 Å². The van der Waals surface area contributed by atoms with Crippen LogP contribution in [0.1, 0.15) is 52.4 Å². The minimum Gasteiger partial charge on any atom is -0.457 e. The van der Waals surface area contributed by atoms with Gasteiger partial charge < -0.3 is 4.74 Å². The molecule has 1 aliphatic heterocycles. The van der Waals surface area contributed by atoms with Crippen molar-refractivity contribution < 1.29 is 21.2 Å². The van der Waals surface area contributed by atoms with Crippen molar-refractivity contribution in [1.29, 1.82) is 0 Å².